The molecule has 0 aliphatic heterocycles. The summed E-state index contributed by atoms with van der Waals surface area (Å²) < 4.78 is 0. The summed E-state index contributed by atoms with van der Waals surface area (Å²) in [5.41, 5.74) is 15.4. The zero-order valence-electron chi connectivity index (χ0n) is 33.1. The van der Waals surface area contributed by atoms with Gasteiger partial charge >= 0.3 is 0 Å². The van der Waals surface area contributed by atoms with Crippen LogP contribution in [-0.4, -0.2) is 0 Å². The smallest absolute Gasteiger partial charge is 0.0165 e. The lowest BCUT2D eigenvalue weighted by Crippen LogP contribution is -2.15. The molecule has 1 aliphatic rings. The molecule has 0 nitrogen and oxygen atoms in total. The van der Waals surface area contributed by atoms with E-state index < -0.39 is 0 Å². The molecule has 0 unspecified atom stereocenters. The molecule has 0 amide bonds. The second-order valence-electron chi connectivity index (χ2n) is 16.7. The van der Waals surface area contributed by atoms with Crippen molar-refractivity contribution in [2.24, 2.45) is 0 Å². The van der Waals surface area contributed by atoms with Gasteiger partial charge in [-0.15, -0.1) is 0 Å². The van der Waals surface area contributed by atoms with Crippen molar-refractivity contribution < 1.29 is 0 Å². The Morgan fingerprint density at radius 3 is 1.25 bits per heavy atom. The highest BCUT2D eigenvalue weighted by Gasteiger charge is 2.39. The Bertz CT molecular complexity index is 3460. The van der Waals surface area contributed by atoms with E-state index in [9.17, 15) is 0 Å². The first-order valence-electron chi connectivity index (χ1n) is 20.8. The second-order valence-corrected chi connectivity index (χ2v) is 16.7. The van der Waals surface area contributed by atoms with Gasteiger partial charge in [0.25, 0.3) is 0 Å². The van der Waals surface area contributed by atoms with Crippen LogP contribution in [0.15, 0.2) is 206 Å². The van der Waals surface area contributed by atoms with E-state index in [1.54, 1.807) is 0 Å². The van der Waals surface area contributed by atoms with Crippen molar-refractivity contribution >= 4 is 53.9 Å². The number of hydrogen-bond donors (Lipinski definition) is 0. The zero-order chi connectivity index (χ0) is 39.2. The lowest BCUT2D eigenvalue weighted by atomic mass is 9.79. The fourth-order valence-electron chi connectivity index (χ4n) is 10.7. The Hall–Kier alpha value is -7.28. The van der Waals surface area contributed by atoms with Crippen LogP contribution in [0.2, 0.25) is 0 Å². The molecule has 276 valence electrons. The van der Waals surface area contributed by atoms with Crippen molar-refractivity contribution in [3.8, 4) is 55.6 Å². The highest BCUT2D eigenvalue weighted by molar-refractivity contribution is 6.22. The van der Waals surface area contributed by atoms with Gasteiger partial charge in [-0.3, -0.25) is 0 Å². The first-order chi connectivity index (χ1) is 29.1. The third-order valence-corrected chi connectivity index (χ3v) is 13.2. The second kappa shape index (κ2) is 12.9. The molecule has 1 aliphatic carbocycles. The molecule has 0 radical (unpaired) electrons. The maximum Gasteiger partial charge on any atom is 0.0165 e. The van der Waals surface area contributed by atoms with Gasteiger partial charge in [0.2, 0.25) is 0 Å². The fraction of sp³-hybridized carbons (Fsp3) is 0.0508. The van der Waals surface area contributed by atoms with Crippen molar-refractivity contribution in [3.63, 3.8) is 0 Å². The number of fused-ring (bicyclic) bond motifs is 11. The monoisotopic (exact) mass is 748 g/mol. The van der Waals surface area contributed by atoms with Gasteiger partial charge in [0, 0.05) is 5.41 Å². The van der Waals surface area contributed by atoms with Crippen molar-refractivity contribution in [1.82, 2.24) is 0 Å². The Labute approximate surface area is 344 Å². The number of rotatable bonds is 4. The van der Waals surface area contributed by atoms with Crippen molar-refractivity contribution in [1.29, 1.82) is 0 Å². The third kappa shape index (κ3) is 4.96. The Balaban J connectivity index is 1.08. The summed E-state index contributed by atoms with van der Waals surface area (Å²) >= 11 is 0. The molecular weight excluding hydrogens is 709 g/mol. The first kappa shape index (κ1) is 33.8. The maximum absolute atomic E-state index is 2.44. The molecule has 12 rings (SSSR count). The van der Waals surface area contributed by atoms with Crippen LogP contribution in [0.25, 0.3) is 109 Å². The van der Waals surface area contributed by atoms with Crippen LogP contribution in [0, 0.1) is 0 Å². The van der Waals surface area contributed by atoms with Gasteiger partial charge in [0.1, 0.15) is 0 Å². The third-order valence-electron chi connectivity index (χ3n) is 13.2. The van der Waals surface area contributed by atoms with Crippen LogP contribution in [0.5, 0.6) is 0 Å². The minimum atomic E-state index is -0.158. The summed E-state index contributed by atoms with van der Waals surface area (Å²) in [5, 5.41) is 12.9. The van der Waals surface area contributed by atoms with Crippen molar-refractivity contribution in [2.45, 2.75) is 19.3 Å². The molecule has 11 aromatic carbocycles. The molecular formula is C59H40. The summed E-state index contributed by atoms with van der Waals surface area (Å²) in [6.07, 6.45) is 0. The molecule has 0 spiro atoms. The van der Waals surface area contributed by atoms with E-state index in [2.05, 4.69) is 220 Å². The predicted molar refractivity (Wildman–Crippen MR) is 253 cm³/mol. The normalized spacial score (nSPS) is 13.1. The maximum atomic E-state index is 2.44. The van der Waals surface area contributed by atoms with Gasteiger partial charge in [-0.25, -0.2) is 0 Å². The van der Waals surface area contributed by atoms with Crippen LogP contribution in [-0.2, 0) is 5.41 Å². The van der Waals surface area contributed by atoms with Crippen LogP contribution in [0.4, 0.5) is 0 Å². The molecule has 0 N–H and O–H groups in total. The zero-order valence-corrected chi connectivity index (χ0v) is 33.1. The number of hydrogen-bond acceptors (Lipinski definition) is 0. The predicted octanol–water partition coefficient (Wildman–Crippen LogP) is 16.4. The van der Waals surface area contributed by atoms with Crippen molar-refractivity contribution in [3.05, 3.63) is 217 Å². The van der Waals surface area contributed by atoms with Crippen LogP contribution >= 0.6 is 0 Å². The minimum absolute atomic E-state index is 0.158. The van der Waals surface area contributed by atoms with Gasteiger partial charge in [-0.05, 0) is 133 Å². The fourth-order valence-corrected chi connectivity index (χ4v) is 10.7. The van der Waals surface area contributed by atoms with E-state index in [1.807, 2.05) is 0 Å². The van der Waals surface area contributed by atoms with E-state index in [0.29, 0.717) is 0 Å². The Morgan fingerprint density at radius 1 is 0.271 bits per heavy atom. The average molecular weight is 749 g/mol. The van der Waals surface area contributed by atoms with E-state index in [0.717, 1.165) is 0 Å². The highest BCUT2D eigenvalue weighted by atomic mass is 14.4. The number of benzene rings is 11. The van der Waals surface area contributed by atoms with Gasteiger partial charge in [0.05, 0.1) is 0 Å². The Morgan fingerprint density at radius 2 is 0.661 bits per heavy atom. The van der Waals surface area contributed by atoms with Gasteiger partial charge < -0.3 is 0 Å². The van der Waals surface area contributed by atoms with Crippen LogP contribution in [0.3, 0.4) is 0 Å². The van der Waals surface area contributed by atoms with Gasteiger partial charge in [-0.2, -0.15) is 0 Å². The molecule has 11 aromatic rings. The van der Waals surface area contributed by atoms with E-state index in [4.69, 9.17) is 0 Å². The average Bonchev–Trinajstić information content (AvgIpc) is 3.54. The first-order valence-corrected chi connectivity index (χ1v) is 20.8. The summed E-state index contributed by atoms with van der Waals surface area (Å²) in [7, 11) is 0. The summed E-state index contributed by atoms with van der Waals surface area (Å²) in [4.78, 5) is 0. The van der Waals surface area contributed by atoms with E-state index >= 15 is 0 Å². The van der Waals surface area contributed by atoms with Crippen molar-refractivity contribution in [2.75, 3.05) is 0 Å². The molecule has 0 heterocycles. The van der Waals surface area contributed by atoms with Gasteiger partial charge in [0.15, 0.2) is 0 Å². The molecule has 59 heavy (non-hydrogen) atoms. The largest absolute Gasteiger partial charge is 0.0616 e. The van der Waals surface area contributed by atoms with E-state index in [1.165, 1.54) is 121 Å². The molecule has 0 saturated carbocycles. The van der Waals surface area contributed by atoms with Gasteiger partial charge in [-0.1, -0.05) is 208 Å². The van der Waals surface area contributed by atoms with E-state index in [-0.39, 0.29) is 5.41 Å². The SMILES string of the molecule is CC1(C)c2cccc(-c3cccc(-c4c5ccccc5c(-c5cccc(-c6cccc7ccccc67)c5)c5ccccc45)c3)c2-c2c1c1ccccc1c1ccccc21. The highest BCUT2D eigenvalue weighted by Crippen LogP contribution is 2.57. The molecule has 0 bridgehead atoms. The standard InChI is InChI=1S/C59H40/c1-59(2)53-34-16-33-44(56(53)57-47-26-7-5-24-45(47)46-25-6-12-31-52(46)58(57)59)39-20-14-22-41(36-39)55-50-29-10-8-27-48(50)54(49-28-9-11-30-51(49)55)40-21-13-19-38(35-40)43-32-15-18-37-17-3-4-23-42(37)43/h3-36H,1-2H3. The molecule has 0 aromatic heterocycles. The molecule has 0 heteroatoms. The summed E-state index contributed by atoms with van der Waals surface area (Å²) in [6, 6.07) is 76.8. The topological polar surface area (TPSA) is 0 Å². The molecule has 0 saturated heterocycles. The summed E-state index contributed by atoms with van der Waals surface area (Å²) in [5.74, 6) is 0. The quantitative estimate of drug-likeness (QED) is 0.124. The lowest BCUT2D eigenvalue weighted by Gasteiger charge is -2.24. The van der Waals surface area contributed by atoms with Crippen LogP contribution < -0.4 is 0 Å². The van der Waals surface area contributed by atoms with Crippen LogP contribution in [0.1, 0.15) is 25.0 Å². The lowest BCUT2D eigenvalue weighted by molar-refractivity contribution is 0.666. The summed E-state index contributed by atoms with van der Waals surface area (Å²) in [6.45, 7) is 4.83. The molecule has 0 fully saturated rings. The Kier molecular flexibility index (Phi) is 7.38. The minimum Gasteiger partial charge on any atom is -0.0616 e. The molecule has 0 atom stereocenters.